The van der Waals surface area contributed by atoms with Gasteiger partial charge in [0, 0.05) is 12.6 Å². The first-order valence-electron chi connectivity index (χ1n) is 8.37. The Morgan fingerprint density at radius 3 is 2.38 bits per heavy atom. The second-order valence-electron chi connectivity index (χ2n) is 6.06. The van der Waals surface area contributed by atoms with Gasteiger partial charge in [0.1, 0.15) is 0 Å². The zero-order chi connectivity index (χ0) is 16.9. The summed E-state index contributed by atoms with van der Waals surface area (Å²) in [4.78, 5) is 0. The van der Waals surface area contributed by atoms with E-state index in [0.29, 0.717) is 23.3 Å². The molecule has 2 aromatic rings. The van der Waals surface area contributed by atoms with E-state index in [2.05, 4.69) is 29.6 Å². The van der Waals surface area contributed by atoms with Crippen LogP contribution in [-0.4, -0.2) is 21.3 Å². The van der Waals surface area contributed by atoms with Gasteiger partial charge in [-0.2, -0.15) is 0 Å². The summed E-state index contributed by atoms with van der Waals surface area (Å²) >= 11 is 0. The molecule has 128 valence electrons. The number of hydrogen-bond donors (Lipinski definition) is 1. The normalized spacial score (nSPS) is 16.4. The standard InChI is InChI=1S/C20H25NO3/c1-22-18-11-14(12-19(23-2)20(18)24-3)13-21-17-10-6-8-15-7-4-5-9-16(15)17/h4-5,7,9,11-12,17,21H,6,8,10,13H2,1-3H3/t17-/m0/s1. The second kappa shape index (κ2) is 7.58. The molecule has 0 aliphatic heterocycles. The second-order valence-corrected chi connectivity index (χ2v) is 6.06. The number of aryl methyl sites for hydroxylation is 1. The van der Waals surface area contributed by atoms with Crippen molar-refractivity contribution in [3.63, 3.8) is 0 Å². The van der Waals surface area contributed by atoms with Gasteiger partial charge in [0.25, 0.3) is 0 Å². The minimum atomic E-state index is 0.397. The van der Waals surface area contributed by atoms with Gasteiger partial charge in [0.15, 0.2) is 11.5 Å². The average Bonchev–Trinajstić information content (AvgIpc) is 2.65. The lowest BCUT2D eigenvalue weighted by Gasteiger charge is -2.26. The van der Waals surface area contributed by atoms with E-state index in [1.54, 1.807) is 21.3 Å². The van der Waals surface area contributed by atoms with E-state index in [0.717, 1.165) is 12.1 Å². The van der Waals surface area contributed by atoms with Crippen LogP contribution in [0.4, 0.5) is 0 Å². The number of methoxy groups -OCH3 is 3. The molecule has 0 spiro atoms. The lowest BCUT2D eigenvalue weighted by molar-refractivity contribution is 0.323. The molecule has 3 rings (SSSR count). The third-order valence-electron chi connectivity index (χ3n) is 4.65. The maximum atomic E-state index is 5.43. The Balaban J connectivity index is 1.78. The number of nitrogens with one attached hydrogen (secondary N) is 1. The zero-order valence-corrected chi connectivity index (χ0v) is 14.6. The average molecular weight is 327 g/mol. The molecule has 0 heterocycles. The van der Waals surface area contributed by atoms with E-state index in [-0.39, 0.29) is 0 Å². The molecule has 0 aromatic heterocycles. The molecule has 1 aliphatic carbocycles. The summed E-state index contributed by atoms with van der Waals surface area (Å²) in [6.07, 6.45) is 3.57. The van der Waals surface area contributed by atoms with E-state index < -0.39 is 0 Å². The number of hydrogen-bond acceptors (Lipinski definition) is 4. The quantitative estimate of drug-likeness (QED) is 0.874. The molecule has 4 heteroatoms. The first-order chi connectivity index (χ1) is 11.8. The molecule has 1 atom stereocenters. The highest BCUT2D eigenvalue weighted by molar-refractivity contribution is 5.53. The van der Waals surface area contributed by atoms with Crippen LogP contribution in [0, 0.1) is 0 Å². The van der Waals surface area contributed by atoms with Crippen LogP contribution in [0.3, 0.4) is 0 Å². The molecular formula is C20H25NO3. The first kappa shape index (κ1) is 16.7. The highest BCUT2D eigenvalue weighted by Crippen LogP contribution is 2.38. The molecule has 0 saturated heterocycles. The summed E-state index contributed by atoms with van der Waals surface area (Å²) in [7, 11) is 4.91. The summed E-state index contributed by atoms with van der Waals surface area (Å²) < 4.78 is 16.3. The van der Waals surface area contributed by atoms with Crippen LogP contribution in [0.5, 0.6) is 17.2 Å². The Labute approximate surface area is 143 Å². The fourth-order valence-electron chi connectivity index (χ4n) is 3.44. The van der Waals surface area contributed by atoms with Gasteiger partial charge in [-0.1, -0.05) is 24.3 Å². The summed E-state index contributed by atoms with van der Waals surface area (Å²) in [5, 5.41) is 3.68. The van der Waals surface area contributed by atoms with Gasteiger partial charge in [-0.25, -0.2) is 0 Å². The zero-order valence-electron chi connectivity index (χ0n) is 14.6. The third kappa shape index (κ3) is 3.34. The Morgan fingerprint density at radius 2 is 1.71 bits per heavy atom. The molecule has 0 unspecified atom stereocenters. The number of ether oxygens (including phenoxy) is 3. The van der Waals surface area contributed by atoms with Gasteiger partial charge in [-0.3, -0.25) is 0 Å². The summed E-state index contributed by atoms with van der Waals surface area (Å²) in [5.74, 6) is 2.02. The Bertz CT molecular complexity index is 674. The monoisotopic (exact) mass is 327 g/mol. The fourth-order valence-corrected chi connectivity index (χ4v) is 3.44. The number of rotatable bonds is 6. The van der Waals surface area contributed by atoms with Crippen molar-refractivity contribution in [2.24, 2.45) is 0 Å². The van der Waals surface area contributed by atoms with Crippen LogP contribution in [0.25, 0.3) is 0 Å². The van der Waals surface area contributed by atoms with Crippen molar-refractivity contribution in [2.75, 3.05) is 21.3 Å². The summed E-state index contributed by atoms with van der Waals surface area (Å²) in [5.41, 5.74) is 4.01. The maximum Gasteiger partial charge on any atom is 0.203 e. The van der Waals surface area contributed by atoms with Crippen LogP contribution in [0.1, 0.15) is 35.6 Å². The van der Waals surface area contributed by atoms with Gasteiger partial charge < -0.3 is 19.5 Å². The Morgan fingerprint density at radius 1 is 1.00 bits per heavy atom. The minimum absolute atomic E-state index is 0.397. The highest BCUT2D eigenvalue weighted by Gasteiger charge is 2.20. The topological polar surface area (TPSA) is 39.7 Å². The van der Waals surface area contributed by atoms with Crippen LogP contribution >= 0.6 is 0 Å². The van der Waals surface area contributed by atoms with Crippen molar-refractivity contribution in [1.29, 1.82) is 0 Å². The highest BCUT2D eigenvalue weighted by atomic mass is 16.5. The van der Waals surface area contributed by atoms with Crippen LogP contribution < -0.4 is 19.5 Å². The van der Waals surface area contributed by atoms with Gasteiger partial charge in [0.2, 0.25) is 5.75 Å². The molecular weight excluding hydrogens is 302 g/mol. The van der Waals surface area contributed by atoms with E-state index in [9.17, 15) is 0 Å². The van der Waals surface area contributed by atoms with Crippen molar-refractivity contribution >= 4 is 0 Å². The van der Waals surface area contributed by atoms with Gasteiger partial charge >= 0.3 is 0 Å². The third-order valence-corrected chi connectivity index (χ3v) is 4.65. The van der Waals surface area contributed by atoms with E-state index in [1.165, 1.54) is 30.4 Å². The lowest BCUT2D eigenvalue weighted by Crippen LogP contribution is -2.24. The Hall–Kier alpha value is -2.20. The molecule has 2 aromatic carbocycles. The van der Waals surface area contributed by atoms with Crippen molar-refractivity contribution < 1.29 is 14.2 Å². The van der Waals surface area contributed by atoms with Crippen molar-refractivity contribution in [3.8, 4) is 17.2 Å². The molecule has 4 nitrogen and oxygen atoms in total. The van der Waals surface area contributed by atoms with Gasteiger partial charge in [-0.05, 0) is 48.1 Å². The number of benzene rings is 2. The van der Waals surface area contributed by atoms with E-state index in [1.807, 2.05) is 12.1 Å². The van der Waals surface area contributed by atoms with Crippen LogP contribution in [0.2, 0.25) is 0 Å². The predicted octanol–water partition coefficient (Wildman–Crippen LogP) is 3.88. The molecule has 0 bridgehead atoms. The van der Waals surface area contributed by atoms with Crippen molar-refractivity contribution in [1.82, 2.24) is 5.32 Å². The molecule has 1 N–H and O–H groups in total. The van der Waals surface area contributed by atoms with Gasteiger partial charge in [0.05, 0.1) is 21.3 Å². The molecule has 0 saturated carbocycles. The molecule has 0 amide bonds. The molecule has 1 aliphatic rings. The smallest absolute Gasteiger partial charge is 0.203 e. The van der Waals surface area contributed by atoms with Crippen molar-refractivity contribution in [2.45, 2.75) is 31.8 Å². The van der Waals surface area contributed by atoms with Gasteiger partial charge in [-0.15, -0.1) is 0 Å². The molecule has 0 radical (unpaired) electrons. The molecule has 0 fully saturated rings. The molecule has 24 heavy (non-hydrogen) atoms. The summed E-state index contributed by atoms with van der Waals surface area (Å²) in [6, 6.07) is 13.1. The maximum absolute atomic E-state index is 5.43. The largest absolute Gasteiger partial charge is 0.493 e. The lowest BCUT2D eigenvalue weighted by atomic mass is 9.87. The van der Waals surface area contributed by atoms with Crippen molar-refractivity contribution in [3.05, 3.63) is 53.1 Å². The SMILES string of the molecule is COc1cc(CN[C@H]2CCCc3ccccc32)cc(OC)c1OC. The number of fused-ring (bicyclic) bond motifs is 1. The minimum Gasteiger partial charge on any atom is -0.493 e. The summed E-state index contributed by atoms with van der Waals surface area (Å²) in [6.45, 7) is 0.760. The van der Waals surface area contributed by atoms with Crippen LogP contribution in [0.15, 0.2) is 36.4 Å². The first-order valence-corrected chi connectivity index (χ1v) is 8.37. The van der Waals surface area contributed by atoms with Crippen LogP contribution in [-0.2, 0) is 13.0 Å². The predicted molar refractivity (Wildman–Crippen MR) is 95.1 cm³/mol. The van der Waals surface area contributed by atoms with E-state index in [4.69, 9.17) is 14.2 Å². The Kier molecular flexibility index (Phi) is 5.26. The fraction of sp³-hybridized carbons (Fsp3) is 0.400. The van der Waals surface area contributed by atoms with E-state index >= 15 is 0 Å².